The lowest BCUT2D eigenvalue weighted by molar-refractivity contribution is 0.559. The van der Waals surface area contributed by atoms with Gasteiger partial charge in [-0.25, -0.2) is 9.97 Å². The average molecular weight is 270 g/mol. The molecule has 2 rings (SSSR count). The number of hydrogen-bond donors (Lipinski definition) is 2. The van der Waals surface area contributed by atoms with Crippen molar-refractivity contribution in [3.8, 4) is 0 Å². The topological polar surface area (TPSA) is 49.8 Å². The van der Waals surface area contributed by atoms with E-state index in [0.717, 1.165) is 23.8 Å². The molecule has 20 heavy (non-hydrogen) atoms. The van der Waals surface area contributed by atoms with Crippen LogP contribution in [0.25, 0.3) is 0 Å². The van der Waals surface area contributed by atoms with Crippen LogP contribution in [0, 0.1) is 13.8 Å². The summed E-state index contributed by atoms with van der Waals surface area (Å²) < 4.78 is 0. The van der Waals surface area contributed by atoms with Crippen LogP contribution < -0.4 is 10.6 Å². The second-order valence-electron chi connectivity index (χ2n) is 5.04. The molecular formula is C16H22N4. The van der Waals surface area contributed by atoms with Gasteiger partial charge in [-0.2, -0.15) is 0 Å². The fourth-order valence-corrected chi connectivity index (χ4v) is 2.20. The quantitative estimate of drug-likeness (QED) is 0.877. The first-order valence-electron chi connectivity index (χ1n) is 6.90. The third-order valence-electron chi connectivity index (χ3n) is 3.37. The summed E-state index contributed by atoms with van der Waals surface area (Å²) in [6.07, 6.45) is 1.81. The van der Waals surface area contributed by atoms with Crippen LogP contribution in [0.5, 0.6) is 0 Å². The number of nitrogens with one attached hydrogen (secondary N) is 2. The molecule has 106 valence electrons. The molecule has 1 aromatic heterocycles. The maximum Gasteiger partial charge on any atom is 0.125 e. The van der Waals surface area contributed by atoms with Crippen molar-refractivity contribution in [3.05, 3.63) is 53.1 Å². The van der Waals surface area contributed by atoms with Crippen molar-refractivity contribution < 1.29 is 0 Å². The lowest BCUT2D eigenvalue weighted by atomic mass is 10.1. The normalized spacial score (nSPS) is 12.2. The van der Waals surface area contributed by atoms with Gasteiger partial charge in [-0.15, -0.1) is 0 Å². The number of hydrogen-bond acceptors (Lipinski definition) is 4. The first-order chi connectivity index (χ1) is 9.60. The zero-order valence-electron chi connectivity index (χ0n) is 12.6. The lowest BCUT2D eigenvalue weighted by Gasteiger charge is -2.16. The molecule has 0 saturated carbocycles. The van der Waals surface area contributed by atoms with Gasteiger partial charge in [0.25, 0.3) is 0 Å². The van der Waals surface area contributed by atoms with Gasteiger partial charge >= 0.3 is 0 Å². The predicted molar refractivity (Wildman–Crippen MR) is 82.7 cm³/mol. The van der Waals surface area contributed by atoms with Crippen LogP contribution in [-0.4, -0.2) is 17.0 Å². The van der Waals surface area contributed by atoms with Crippen LogP contribution in [0.15, 0.2) is 30.5 Å². The van der Waals surface area contributed by atoms with Crippen molar-refractivity contribution in [2.24, 2.45) is 0 Å². The molecule has 0 saturated heterocycles. The smallest absolute Gasteiger partial charge is 0.125 e. The highest BCUT2D eigenvalue weighted by Crippen LogP contribution is 2.18. The molecule has 0 fully saturated rings. The summed E-state index contributed by atoms with van der Waals surface area (Å²) in [4.78, 5) is 8.59. The van der Waals surface area contributed by atoms with Gasteiger partial charge in [0.15, 0.2) is 0 Å². The van der Waals surface area contributed by atoms with Gasteiger partial charge in [-0.3, -0.25) is 0 Å². The van der Waals surface area contributed by atoms with Crippen molar-refractivity contribution in [3.63, 3.8) is 0 Å². The first kappa shape index (κ1) is 14.5. The Hall–Kier alpha value is -1.94. The van der Waals surface area contributed by atoms with E-state index in [1.165, 1.54) is 11.1 Å². The Morgan fingerprint density at radius 1 is 1.20 bits per heavy atom. The molecule has 2 N–H and O–H groups in total. The fourth-order valence-electron chi connectivity index (χ4n) is 2.20. The number of aromatic nitrogens is 2. The minimum absolute atomic E-state index is 0.196. The Bertz CT molecular complexity index is 580. The molecule has 0 aliphatic carbocycles. The molecule has 0 aliphatic heterocycles. The van der Waals surface area contributed by atoms with Crippen LogP contribution in [0.4, 0.5) is 5.69 Å². The van der Waals surface area contributed by atoms with E-state index in [9.17, 15) is 0 Å². The van der Waals surface area contributed by atoms with Gasteiger partial charge in [0.2, 0.25) is 0 Å². The average Bonchev–Trinajstić information content (AvgIpc) is 2.45. The number of benzene rings is 1. The molecule has 0 bridgehead atoms. The SMILES string of the molecule is CNc1ccc(C)cc1CNC(C)c1ccnc(C)n1. The summed E-state index contributed by atoms with van der Waals surface area (Å²) in [5.41, 5.74) is 4.72. The van der Waals surface area contributed by atoms with E-state index in [0.29, 0.717) is 0 Å². The molecular weight excluding hydrogens is 248 g/mol. The van der Waals surface area contributed by atoms with E-state index in [1.807, 2.05) is 26.2 Å². The predicted octanol–water partition coefficient (Wildman–Crippen LogP) is 2.99. The summed E-state index contributed by atoms with van der Waals surface area (Å²) in [6.45, 7) is 6.95. The Kier molecular flexibility index (Phi) is 4.69. The highest BCUT2D eigenvalue weighted by molar-refractivity contribution is 5.52. The molecule has 4 heteroatoms. The number of rotatable bonds is 5. The molecule has 0 radical (unpaired) electrons. The molecule has 0 spiro atoms. The summed E-state index contributed by atoms with van der Waals surface area (Å²) >= 11 is 0. The van der Waals surface area contributed by atoms with Gasteiger partial charge in [-0.05, 0) is 38.5 Å². The third kappa shape index (κ3) is 3.54. The van der Waals surface area contributed by atoms with Crippen molar-refractivity contribution in [1.82, 2.24) is 15.3 Å². The van der Waals surface area contributed by atoms with Gasteiger partial charge in [-0.1, -0.05) is 17.7 Å². The van der Waals surface area contributed by atoms with E-state index >= 15 is 0 Å². The molecule has 0 amide bonds. The molecule has 1 unspecified atom stereocenters. The van der Waals surface area contributed by atoms with Crippen LogP contribution in [0.1, 0.15) is 35.6 Å². The maximum absolute atomic E-state index is 4.46. The molecule has 4 nitrogen and oxygen atoms in total. The Morgan fingerprint density at radius 2 is 2.00 bits per heavy atom. The van der Waals surface area contributed by atoms with Gasteiger partial charge < -0.3 is 10.6 Å². The molecule has 1 aromatic carbocycles. The highest BCUT2D eigenvalue weighted by Gasteiger charge is 2.08. The highest BCUT2D eigenvalue weighted by atomic mass is 15.0. The Labute approximate surface area is 120 Å². The minimum atomic E-state index is 0.196. The summed E-state index contributed by atoms with van der Waals surface area (Å²) in [5, 5.41) is 6.74. The lowest BCUT2D eigenvalue weighted by Crippen LogP contribution is -2.20. The number of nitrogens with zero attached hydrogens (tertiary/aromatic N) is 2. The van der Waals surface area contributed by atoms with Crippen molar-refractivity contribution in [2.45, 2.75) is 33.4 Å². The largest absolute Gasteiger partial charge is 0.388 e. The van der Waals surface area contributed by atoms with Crippen LogP contribution in [0.2, 0.25) is 0 Å². The van der Waals surface area contributed by atoms with E-state index in [-0.39, 0.29) is 6.04 Å². The monoisotopic (exact) mass is 270 g/mol. The first-order valence-corrected chi connectivity index (χ1v) is 6.90. The molecule has 0 aliphatic rings. The number of aryl methyl sites for hydroxylation is 2. The second kappa shape index (κ2) is 6.48. The van der Waals surface area contributed by atoms with E-state index in [4.69, 9.17) is 0 Å². The Balaban J connectivity index is 2.06. The molecule has 1 atom stereocenters. The zero-order chi connectivity index (χ0) is 14.5. The Morgan fingerprint density at radius 3 is 2.70 bits per heavy atom. The van der Waals surface area contributed by atoms with E-state index in [2.05, 4.69) is 52.6 Å². The second-order valence-corrected chi connectivity index (χ2v) is 5.04. The van der Waals surface area contributed by atoms with Crippen LogP contribution >= 0.6 is 0 Å². The molecule has 2 aromatic rings. The van der Waals surface area contributed by atoms with Crippen LogP contribution in [-0.2, 0) is 6.54 Å². The van der Waals surface area contributed by atoms with Crippen LogP contribution in [0.3, 0.4) is 0 Å². The van der Waals surface area contributed by atoms with Gasteiger partial charge in [0.05, 0.1) is 5.69 Å². The third-order valence-corrected chi connectivity index (χ3v) is 3.37. The van der Waals surface area contributed by atoms with Gasteiger partial charge in [0, 0.05) is 31.5 Å². The van der Waals surface area contributed by atoms with Crippen molar-refractivity contribution >= 4 is 5.69 Å². The maximum atomic E-state index is 4.46. The van der Waals surface area contributed by atoms with Gasteiger partial charge in [0.1, 0.15) is 5.82 Å². The zero-order valence-corrected chi connectivity index (χ0v) is 12.6. The van der Waals surface area contributed by atoms with E-state index in [1.54, 1.807) is 0 Å². The van der Waals surface area contributed by atoms with Crippen molar-refractivity contribution in [1.29, 1.82) is 0 Å². The number of anilines is 1. The molecule has 1 heterocycles. The van der Waals surface area contributed by atoms with E-state index < -0.39 is 0 Å². The summed E-state index contributed by atoms with van der Waals surface area (Å²) in [7, 11) is 1.95. The summed E-state index contributed by atoms with van der Waals surface area (Å²) in [6, 6.07) is 8.59. The van der Waals surface area contributed by atoms with Crippen molar-refractivity contribution in [2.75, 3.05) is 12.4 Å². The summed E-state index contributed by atoms with van der Waals surface area (Å²) in [5.74, 6) is 0.808. The fraction of sp³-hybridized carbons (Fsp3) is 0.375. The minimum Gasteiger partial charge on any atom is -0.388 e. The standard InChI is InChI=1S/C16H22N4/c1-11-5-6-16(17-4)14(9-11)10-19-12(2)15-7-8-18-13(3)20-15/h5-9,12,17,19H,10H2,1-4H3.